The fourth-order valence-electron chi connectivity index (χ4n) is 2.74. The summed E-state index contributed by atoms with van der Waals surface area (Å²) < 4.78 is 0. The normalized spacial score (nSPS) is 18.7. The van der Waals surface area contributed by atoms with Crippen LogP contribution >= 0.6 is 0 Å². The van der Waals surface area contributed by atoms with Gasteiger partial charge in [-0.3, -0.25) is 9.59 Å². The van der Waals surface area contributed by atoms with Crippen molar-refractivity contribution in [2.75, 3.05) is 24.5 Å². The highest BCUT2D eigenvalue weighted by Crippen LogP contribution is 2.21. The van der Waals surface area contributed by atoms with E-state index >= 15 is 0 Å². The summed E-state index contributed by atoms with van der Waals surface area (Å²) in [6.45, 7) is 3.26. The van der Waals surface area contributed by atoms with Crippen LogP contribution in [0.25, 0.3) is 0 Å². The van der Waals surface area contributed by atoms with Crippen LogP contribution in [-0.2, 0) is 16.1 Å². The number of hydrogen-bond acceptors (Lipinski definition) is 3. The van der Waals surface area contributed by atoms with Crippen molar-refractivity contribution >= 4 is 17.5 Å². The van der Waals surface area contributed by atoms with E-state index in [0.29, 0.717) is 25.3 Å². The fourth-order valence-corrected chi connectivity index (χ4v) is 2.74. The second kappa shape index (κ2) is 6.26. The number of amides is 2. The van der Waals surface area contributed by atoms with Gasteiger partial charge in [0.1, 0.15) is 0 Å². The lowest BCUT2D eigenvalue weighted by atomic mass is 9.99. The number of carbonyl (C=O) groups excluding carboxylic acids is 2. The molecule has 0 radical (unpaired) electrons. The van der Waals surface area contributed by atoms with Gasteiger partial charge in [-0.05, 0) is 43.1 Å². The monoisotopic (exact) mass is 287 g/mol. The van der Waals surface area contributed by atoms with Crippen LogP contribution in [0.4, 0.5) is 5.69 Å². The van der Waals surface area contributed by atoms with E-state index in [4.69, 9.17) is 0 Å². The van der Waals surface area contributed by atoms with Crippen LogP contribution in [0, 0.1) is 5.92 Å². The van der Waals surface area contributed by atoms with Crippen molar-refractivity contribution in [1.29, 1.82) is 0 Å². The van der Waals surface area contributed by atoms with Crippen LogP contribution in [-0.4, -0.2) is 31.4 Å². The average molecular weight is 287 g/mol. The van der Waals surface area contributed by atoms with E-state index in [1.54, 1.807) is 0 Å². The summed E-state index contributed by atoms with van der Waals surface area (Å²) in [6, 6.07) is 7.87. The molecule has 5 heteroatoms. The maximum absolute atomic E-state index is 11.7. The Balaban J connectivity index is 1.49. The second-order valence-electron chi connectivity index (χ2n) is 5.82. The number of anilines is 1. The van der Waals surface area contributed by atoms with E-state index < -0.39 is 0 Å². The van der Waals surface area contributed by atoms with Gasteiger partial charge < -0.3 is 15.5 Å². The summed E-state index contributed by atoms with van der Waals surface area (Å²) in [7, 11) is 0. The molecule has 0 saturated carbocycles. The maximum atomic E-state index is 11.7. The molecule has 0 spiro atoms. The molecule has 21 heavy (non-hydrogen) atoms. The summed E-state index contributed by atoms with van der Waals surface area (Å²) in [5.41, 5.74) is 2.01. The minimum absolute atomic E-state index is 0.111. The van der Waals surface area contributed by atoms with E-state index in [0.717, 1.165) is 37.3 Å². The molecular weight excluding hydrogens is 266 g/mol. The summed E-state index contributed by atoms with van der Waals surface area (Å²) >= 11 is 0. The van der Waals surface area contributed by atoms with Gasteiger partial charge in [0.25, 0.3) is 0 Å². The Labute approximate surface area is 124 Å². The van der Waals surface area contributed by atoms with Crippen molar-refractivity contribution < 1.29 is 9.59 Å². The molecule has 2 heterocycles. The Morgan fingerprint density at radius 3 is 2.62 bits per heavy atom. The van der Waals surface area contributed by atoms with Crippen molar-refractivity contribution in [3.05, 3.63) is 29.8 Å². The molecule has 1 aromatic rings. The van der Waals surface area contributed by atoms with E-state index in [-0.39, 0.29) is 11.8 Å². The summed E-state index contributed by atoms with van der Waals surface area (Å²) in [4.78, 5) is 25.2. The van der Waals surface area contributed by atoms with Gasteiger partial charge in [-0.25, -0.2) is 0 Å². The Bertz CT molecular complexity index is 523. The largest absolute Gasteiger partial charge is 0.352 e. The first kappa shape index (κ1) is 14.1. The molecule has 0 aliphatic carbocycles. The third kappa shape index (κ3) is 3.42. The third-order valence-electron chi connectivity index (χ3n) is 4.15. The standard InChI is InChI=1S/C16H21N3O2/c20-15(8-13-9-17-10-13)18-11-12-3-5-14(6-4-12)19-7-1-2-16(19)21/h3-6,13,17H,1-2,7-11H2,(H,18,20). The molecule has 5 nitrogen and oxygen atoms in total. The molecular formula is C16H21N3O2. The molecule has 0 atom stereocenters. The number of benzene rings is 1. The van der Waals surface area contributed by atoms with Crippen molar-refractivity contribution in [3.8, 4) is 0 Å². The lowest BCUT2D eigenvalue weighted by Gasteiger charge is -2.26. The Kier molecular flexibility index (Phi) is 4.20. The molecule has 2 aliphatic heterocycles. The zero-order valence-corrected chi connectivity index (χ0v) is 12.1. The van der Waals surface area contributed by atoms with Crippen LogP contribution in [0.3, 0.4) is 0 Å². The molecule has 0 bridgehead atoms. The second-order valence-corrected chi connectivity index (χ2v) is 5.82. The number of hydrogen-bond donors (Lipinski definition) is 2. The van der Waals surface area contributed by atoms with Crippen molar-refractivity contribution in [2.24, 2.45) is 5.92 Å². The number of rotatable bonds is 5. The van der Waals surface area contributed by atoms with Crippen LogP contribution in [0.2, 0.25) is 0 Å². The average Bonchev–Trinajstić information content (AvgIpc) is 2.87. The molecule has 2 N–H and O–H groups in total. The maximum Gasteiger partial charge on any atom is 0.227 e. The number of nitrogens with zero attached hydrogens (tertiary/aromatic N) is 1. The first-order chi connectivity index (χ1) is 10.2. The first-order valence-corrected chi connectivity index (χ1v) is 7.59. The van der Waals surface area contributed by atoms with Gasteiger partial charge in [0.05, 0.1) is 0 Å². The Morgan fingerprint density at radius 2 is 2.05 bits per heavy atom. The number of carbonyl (C=O) groups is 2. The molecule has 1 aromatic carbocycles. The predicted molar refractivity (Wildman–Crippen MR) is 80.9 cm³/mol. The van der Waals surface area contributed by atoms with Gasteiger partial charge in [-0.1, -0.05) is 12.1 Å². The SMILES string of the molecule is O=C(CC1CNC1)NCc1ccc(N2CCCC2=O)cc1. The van der Waals surface area contributed by atoms with Gasteiger partial charge in [0.2, 0.25) is 11.8 Å². The van der Waals surface area contributed by atoms with Crippen LogP contribution in [0.15, 0.2) is 24.3 Å². The number of nitrogens with one attached hydrogen (secondary N) is 2. The minimum atomic E-state index is 0.111. The van der Waals surface area contributed by atoms with Crippen LogP contribution in [0.1, 0.15) is 24.8 Å². The van der Waals surface area contributed by atoms with Crippen LogP contribution < -0.4 is 15.5 Å². The Hall–Kier alpha value is -1.88. The zero-order chi connectivity index (χ0) is 14.7. The van der Waals surface area contributed by atoms with Crippen LogP contribution in [0.5, 0.6) is 0 Å². The minimum Gasteiger partial charge on any atom is -0.352 e. The predicted octanol–water partition coefficient (Wildman–Crippen LogP) is 1.04. The van der Waals surface area contributed by atoms with Crippen molar-refractivity contribution in [3.63, 3.8) is 0 Å². The van der Waals surface area contributed by atoms with E-state index in [9.17, 15) is 9.59 Å². The lowest BCUT2D eigenvalue weighted by molar-refractivity contribution is -0.122. The van der Waals surface area contributed by atoms with E-state index in [2.05, 4.69) is 10.6 Å². The highest BCUT2D eigenvalue weighted by Gasteiger charge is 2.21. The summed E-state index contributed by atoms with van der Waals surface area (Å²) in [5, 5.41) is 6.11. The molecule has 2 fully saturated rings. The first-order valence-electron chi connectivity index (χ1n) is 7.59. The quantitative estimate of drug-likeness (QED) is 0.850. The molecule has 2 aliphatic rings. The zero-order valence-electron chi connectivity index (χ0n) is 12.1. The van der Waals surface area contributed by atoms with Gasteiger partial charge in [-0.15, -0.1) is 0 Å². The van der Waals surface area contributed by atoms with E-state index in [1.807, 2.05) is 29.2 Å². The van der Waals surface area contributed by atoms with Crippen molar-refractivity contribution in [2.45, 2.75) is 25.8 Å². The molecule has 2 amide bonds. The third-order valence-corrected chi connectivity index (χ3v) is 4.15. The molecule has 0 aromatic heterocycles. The van der Waals surface area contributed by atoms with Gasteiger partial charge in [-0.2, -0.15) is 0 Å². The molecule has 3 rings (SSSR count). The van der Waals surface area contributed by atoms with Crippen molar-refractivity contribution in [1.82, 2.24) is 10.6 Å². The molecule has 112 valence electrons. The summed E-state index contributed by atoms with van der Waals surface area (Å²) in [6.07, 6.45) is 2.19. The highest BCUT2D eigenvalue weighted by atomic mass is 16.2. The highest BCUT2D eigenvalue weighted by molar-refractivity contribution is 5.95. The Morgan fingerprint density at radius 1 is 1.29 bits per heavy atom. The molecule has 0 unspecified atom stereocenters. The van der Waals surface area contributed by atoms with Gasteiger partial charge in [0, 0.05) is 31.6 Å². The van der Waals surface area contributed by atoms with Gasteiger partial charge in [0.15, 0.2) is 0 Å². The smallest absolute Gasteiger partial charge is 0.227 e. The van der Waals surface area contributed by atoms with E-state index in [1.165, 1.54) is 0 Å². The fraction of sp³-hybridized carbons (Fsp3) is 0.500. The lowest BCUT2D eigenvalue weighted by Crippen LogP contribution is -2.44. The topological polar surface area (TPSA) is 61.4 Å². The van der Waals surface area contributed by atoms with Gasteiger partial charge >= 0.3 is 0 Å². The molecule has 2 saturated heterocycles. The summed E-state index contributed by atoms with van der Waals surface area (Å²) in [5.74, 6) is 0.805.